The second-order valence-electron chi connectivity index (χ2n) is 22.2. The van der Waals surface area contributed by atoms with E-state index < -0.39 is 98.9 Å². The monoisotopic (exact) mass is 1330 g/mol. The Hall–Kier alpha value is -10.1. The largest absolute Gasteiger partial charge is 0.318 e. The van der Waals surface area contributed by atoms with Crippen molar-refractivity contribution >= 4 is 137 Å². The van der Waals surface area contributed by atoms with Crippen LogP contribution in [0.4, 0.5) is 0 Å². The number of carbonyl (C=O) groups is 9. The molecule has 25 nitrogen and oxygen atoms in total. The van der Waals surface area contributed by atoms with Gasteiger partial charge in [0.2, 0.25) is 0 Å². The number of rotatable bonds is 11. The molecule has 4 aliphatic heterocycles. The Morgan fingerprint density at radius 2 is 0.645 bits per heavy atom. The van der Waals surface area contributed by atoms with Gasteiger partial charge in [0.25, 0.3) is 77.6 Å². The van der Waals surface area contributed by atoms with Gasteiger partial charge in [0.15, 0.2) is 0 Å². The number of ketones is 1. The molecule has 2 fully saturated rings. The van der Waals surface area contributed by atoms with Crippen LogP contribution < -0.4 is 0 Å². The first-order chi connectivity index (χ1) is 44.0. The zero-order valence-electron chi connectivity index (χ0n) is 48.6. The van der Waals surface area contributed by atoms with E-state index in [2.05, 4.69) is 8.57 Å². The van der Waals surface area contributed by atoms with Gasteiger partial charge in [-0.1, -0.05) is 115 Å². The summed E-state index contributed by atoms with van der Waals surface area (Å²) >= 11 is 0. The fourth-order valence-corrected chi connectivity index (χ4v) is 15.1. The highest BCUT2D eigenvalue weighted by molar-refractivity contribution is 7.87. The second kappa shape index (κ2) is 23.2. The molecule has 6 aliphatic rings. The summed E-state index contributed by atoms with van der Waals surface area (Å²) in [5, 5.41) is 6.11. The number of hydrogen-bond donors (Lipinski definition) is 0. The van der Waals surface area contributed by atoms with Crippen LogP contribution in [0.15, 0.2) is 175 Å². The summed E-state index contributed by atoms with van der Waals surface area (Å²) in [6.45, 7) is 1.81. The van der Waals surface area contributed by atoms with E-state index in [9.17, 15) is 76.8 Å². The van der Waals surface area contributed by atoms with Gasteiger partial charge in [-0.3, -0.25) is 43.2 Å². The van der Waals surface area contributed by atoms with Crippen LogP contribution in [-0.2, 0) is 62.4 Å². The Balaban J connectivity index is 0.000000120. The molecule has 2 unspecified atom stereocenters. The van der Waals surface area contributed by atoms with E-state index in [1.165, 1.54) is 60.7 Å². The summed E-state index contributed by atoms with van der Waals surface area (Å²) in [4.78, 5) is 111. The summed E-state index contributed by atoms with van der Waals surface area (Å²) in [7, 11) is -16.6. The molecule has 9 aromatic carbocycles. The average molecular weight is 1340 g/mol. The van der Waals surface area contributed by atoms with E-state index in [1.54, 1.807) is 109 Å². The van der Waals surface area contributed by atoms with Crippen molar-refractivity contribution in [1.82, 2.24) is 20.3 Å². The van der Waals surface area contributed by atoms with Crippen molar-refractivity contribution in [3.05, 3.63) is 220 Å². The maximum absolute atomic E-state index is 12.7. The Kier molecular flexibility index (Phi) is 15.7. The van der Waals surface area contributed by atoms with Crippen molar-refractivity contribution in [2.75, 3.05) is 18.3 Å². The fourth-order valence-electron chi connectivity index (χ4n) is 11.8. The van der Waals surface area contributed by atoms with Gasteiger partial charge < -0.3 is 0 Å². The molecule has 4 heterocycles. The number of benzene rings is 9. The third kappa shape index (κ3) is 11.4. The number of Topliss-reactive ketones (excluding diaryl/α,β-unsaturated/α-hetero) is 1. The maximum atomic E-state index is 12.7. The molecule has 0 spiro atoms. The quantitative estimate of drug-likeness (QED) is 0.111. The lowest BCUT2D eigenvalue weighted by Crippen LogP contribution is -2.61. The number of fused-ring (bicyclic) bond motifs is 1. The molecule has 2 atom stereocenters. The van der Waals surface area contributed by atoms with E-state index in [0.29, 0.717) is 49.9 Å². The molecule has 2 saturated carbocycles. The number of carbonyl (C=O) groups excluding carboxylic acids is 9. The van der Waals surface area contributed by atoms with Crippen molar-refractivity contribution in [1.29, 1.82) is 0 Å². The highest BCUT2D eigenvalue weighted by Crippen LogP contribution is 2.59. The van der Waals surface area contributed by atoms with Gasteiger partial charge >= 0.3 is 10.1 Å². The standard InChI is InChI=1S/C19H15NO6S.C19H13NO5S.2C13H9NO5S/c21-15-9-12-7-8-19(12,15)10-27(24,25)26-20-17(22)13-5-1-3-11-4-2-6-14(16(11)13)18(20)23;1-12-8-10-14(11-9-12)26(23,24)25-20-18(21)15-6-2-4-13-5-3-7-16(17(13)15)19(20)22;2*1-20(17,18)19-14-12(15)9-6-2-4-8-5-3-7-10(11(8)9)13(14)16/h1-6,12H,7-10H2;2-11H,1H3;2*2-7H,1H3. The molecule has 0 bridgehead atoms. The molecule has 29 heteroatoms. The van der Waals surface area contributed by atoms with Gasteiger partial charge in [0.1, 0.15) is 5.78 Å². The topological polar surface area (TPSA) is 340 Å². The minimum atomic E-state index is -4.33. The Morgan fingerprint density at radius 3 is 0.882 bits per heavy atom. The van der Waals surface area contributed by atoms with Crippen LogP contribution in [0.3, 0.4) is 0 Å². The van der Waals surface area contributed by atoms with Gasteiger partial charge in [-0.05, 0) is 108 Å². The van der Waals surface area contributed by atoms with E-state index in [4.69, 9.17) is 8.57 Å². The van der Waals surface area contributed by atoms with Crippen molar-refractivity contribution in [3.63, 3.8) is 0 Å². The fraction of sp³-hybridized carbons (Fsp3) is 0.141. The van der Waals surface area contributed by atoms with Gasteiger partial charge in [0, 0.05) is 33.4 Å². The number of aryl methyl sites for hydroxylation is 1. The smallest absolute Gasteiger partial charge is 0.299 e. The van der Waals surface area contributed by atoms with Crippen LogP contribution >= 0.6 is 0 Å². The number of hydrogen-bond acceptors (Lipinski definition) is 21. The normalized spacial score (nSPS) is 18.1. The molecular formula is C64H46N4O21S4. The van der Waals surface area contributed by atoms with Gasteiger partial charge in [-0.15, -0.1) is 37.4 Å². The molecule has 2 aliphatic carbocycles. The zero-order chi connectivity index (χ0) is 66.4. The predicted octanol–water partition coefficient (Wildman–Crippen LogP) is 7.79. The first-order valence-electron chi connectivity index (χ1n) is 27.9. The molecule has 472 valence electrons. The molecule has 0 radical (unpaired) electrons. The zero-order valence-corrected chi connectivity index (χ0v) is 51.8. The molecule has 93 heavy (non-hydrogen) atoms. The van der Waals surface area contributed by atoms with Crippen LogP contribution in [0.1, 0.15) is 108 Å². The molecule has 15 rings (SSSR count). The van der Waals surface area contributed by atoms with Crippen LogP contribution in [0.5, 0.6) is 0 Å². The SMILES string of the molecule is CS(=O)(=O)ON1C(=O)c2cccc3cccc(c23)C1=O.CS(=O)(=O)ON1C(=O)c2cccc3cccc(c23)C1=O.Cc1ccc(S(=O)(=O)ON2C(=O)c3cccc4cccc(c34)C2=O)cc1.O=C1c2cccc3cccc(c23)C(=O)N1OS(=O)(=O)CC12CCC1CC2=O. The van der Waals surface area contributed by atoms with Crippen molar-refractivity contribution in [3.8, 4) is 0 Å². The number of imide groups is 4. The lowest BCUT2D eigenvalue weighted by molar-refractivity contribution is -0.157. The maximum Gasteiger partial charge on any atom is 0.318 e. The number of amides is 8. The van der Waals surface area contributed by atoms with E-state index >= 15 is 0 Å². The van der Waals surface area contributed by atoms with E-state index in [-0.39, 0.29) is 71.2 Å². The van der Waals surface area contributed by atoms with Gasteiger partial charge in [0.05, 0.1) is 67.7 Å². The third-order valence-electron chi connectivity index (χ3n) is 16.2. The lowest BCUT2D eigenvalue weighted by atomic mass is 9.48. The Labute approximate surface area is 528 Å². The molecule has 0 aromatic heterocycles. The van der Waals surface area contributed by atoms with Gasteiger partial charge in [-0.25, -0.2) is 0 Å². The van der Waals surface area contributed by atoms with Crippen LogP contribution in [0, 0.1) is 18.3 Å². The highest BCUT2D eigenvalue weighted by Gasteiger charge is 2.63. The summed E-state index contributed by atoms with van der Waals surface area (Å²) in [5.41, 5.74) is 1.78. The third-order valence-corrected chi connectivity index (χ3v) is 19.4. The van der Waals surface area contributed by atoms with Crippen LogP contribution in [-0.4, -0.2) is 125 Å². The van der Waals surface area contributed by atoms with Crippen LogP contribution in [0.25, 0.3) is 43.1 Å². The Morgan fingerprint density at radius 1 is 0.376 bits per heavy atom. The van der Waals surface area contributed by atoms with Gasteiger partial charge in [-0.2, -0.15) is 33.7 Å². The average Bonchev–Trinajstić information content (AvgIpc) is 0.751. The first kappa shape index (κ1) is 63.1. The van der Waals surface area contributed by atoms with Crippen molar-refractivity contribution < 1.29 is 94.0 Å². The number of nitrogens with zero attached hydrogens (tertiary/aromatic N) is 4. The van der Waals surface area contributed by atoms with E-state index in [0.717, 1.165) is 40.7 Å². The van der Waals surface area contributed by atoms with Crippen LogP contribution in [0.2, 0.25) is 0 Å². The summed E-state index contributed by atoms with van der Waals surface area (Å²) < 4.78 is 114. The predicted molar refractivity (Wildman–Crippen MR) is 329 cm³/mol. The summed E-state index contributed by atoms with van der Waals surface area (Å²) in [6, 6.07) is 45.7. The Bertz CT molecular complexity index is 5000. The van der Waals surface area contributed by atoms with Crippen molar-refractivity contribution in [2.45, 2.75) is 31.1 Å². The van der Waals surface area contributed by atoms with E-state index in [1.807, 2.05) is 6.92 Å². The molecular weight excluding hydrogens is 1290 g/mol. The second-order valence-corrected chi connectivity index (χ2v) is 28.3. The molecule has 9 aromatic rings. The minimum Gasteiger partial charge on any atom is -0.299 e. The molecule has 0 saturated heterocycles. The first-order valence-corrected chi connectivity index (χ1v) is 34.5. The summed E-state index contributed by atoms with van der Waals surface area (Å²) in [5.74, 6) is -6.94. The minimum absolute atomic E-state index is 0.0607. The number of hydroxylamine groups is 8. The molecule has 0 N–H and O–H groups in total. The van der Waals surface area contributed by atoms with Crippen molar-refractivity contribution in [2.24, 2.45) is 11.3 Å². The molecule has 8 amide bonds. The highest BCUT2D eigenvalue weighted by atomic mass is 32.2. The lowest BCUT2D eigenvalue weighted by Gasteiger charge is -2.56. The summed E-state index contributed by atoms with van der Waals surface area (Å²) in [6.07, 6.45) is 3.26.